The lowest BCUT2D eigenvalue weighted by Crippen LogP contribution is -2.18. The molecule has 0 unspecified atom stereocenters. The number of amides is 1. The summed E-state index contributed by atoms with van der Waals surface area (Å²) in [6, 6.07) is 5.85. The van der Waals surface area contributed by atoms with Crippen LogP contribution in [0.2, 0.25) is 0 Å². The van der Waals surface area contributed by atoms with Crippen molar-refractivity contribution in [1.29, 1.82) is 0 Å². The number of rotatable bonds is 5. The molecule has 0 aliphatic heterocycles. The van der Waals surface area contributed by atoms with Crippen LogP contribution in [0.25, 0.3) is 0 Å². The van der Waals surface area contributed by atoms with E-state index in [-0.39, 0.29) is 11.7 Å². The van der Waals surface area contributed by atoms with Crippen LogP contribution in [0.1, 0.15) is 28.9 Å². The van der Waals surface area contributed by atoms with E-state index in [0.717, 1.165) is 22.5 Å². The first-order valence-electron chi connectivity index (χ1n) is 6.64. The van der Waals surface area contributed by atoms with Crippen LogP contribution in [0, 0.1) is 19.7 Å². The highest BCUT2D eigenvalue weighted by molar-refractivity contribution is 5.82. The summed E-state index contributed by atoms with van der Waals surface area (Å²) >= 11 is 0. The molecule has 5 nitrogen and oxygen atoms in total. The molecule has 0 aliphatic carbocycles. The van der Waals surface area contributed by atoms with Gasteiger partial charge in [0, 0.05) is 12.1 Å². The third-order valence-electron chi connectivity index (χ3n) is 3.16. The molecular formula is C15H17FN4O. The van der Waals surface area contributed by atoms with Crippen molar-refractivity contribution >= 4 is 12.1 Å². The number of hydrogen-bond donors (Lipinski definition) is 2. The van der Waals surface area contributed by atoms with Gasteiger partial charge in [0.2, 0.25) is 5.91 Å². The van der Waals surface area contributed by atoms with Gasteiger partial charge in [-0.2, -0.15) is 10.2 Å². The van der Waals surface area contributed by atoms with Crippen molar-refractivity contribution in [2.75, 3.05) is 0 Å². The molecule has 0 fully saturated rings. The van der Waals surface area contributed by atoms with Gasteiger partial charge in [0.05, 0.1) is 11.9 Å². The Labute approximate surface area is 122 Å². The summed E-state index contributed by atoms with van der Waals surface area (Å²) in [5.74, 6) is -0.476. The molecule has 0 atom stereocenters. The maximum absolute atomic E-state index is 12.7. The number of nitrogens with one attached hydrogen (secondary N) is 2. The van der Waals surface area contributed by atoms with Crippen LogP contribution in [0.3, 0.4) is 0 Å². The summed E-state index contributed by atoms with van der Waals surface area (Å²) in [5, 5.41) is 10.8. The molecule has 1 heterocycles. The average molecular weight is 288 g/mol. The van der Waals surface area contributed by atoms with Gasteiger partial charge >= 0.3 is 0 Å². The molecule has 0 bridgehead atoms. The quantitative estimate of drug-likeness (QED) is 0.654. The van der Waals surface area contributed by atoms with Crippen molar-refractivity contribution in [3.63, 3.8) is 0 Å². The van der Waals surface area contributed by atoms with Gasteiger partial charge in [-0.15, -0.1) is 0 Å². The summed E-state index contributed by atoms with van der Waals surface area (Å²) in [7, 11) is 0. The molecule has 2 rings (SSSR count). The Balaban J connectivity index is 1.81. The second kappa shape index (κ2) is 6.78. The Morgan fingerprint density at radius 2 is 2.10 bits per heavy atom. The van der Waals surface area contributed by atoms with Gasteiger partial charge in [-0.1, -0.05) is 12.1 Å². The molecular weight excluding hydrogens is 271 g/mol. The number of aryl methyl sites for hydroxylation is 2. The van der Waals surface area contributed by atoms with E-state index in [0.29, 0.717) is 12.8 Å². The lowest BCUT2D eigenvalue weighted by molar-refractivity contribution is -0.121. The summed E-state index contributed by atoms with van der Waals surface area (Å²) in [5.41, 5.74) is 6.13. The molecule has 1 aromatic carbocycles. The number of H-pyrrole nitrogens is 1. The predicted octanol–water partition coefficient (Wildman–Crippen LogP) is 2.25. The Morgan fingerprint density at radius 3 is 2.71 bits per heavy atom. The fourth-order valence-corrected chi connectivity index (χ4v) is 1.96. The molecule has 2 N–H and O–H groups in total. The highest BCUT2D eigenvalue weighted by atomic mass is 19.1. The lowest BCUT2D eigenvalue weighted by Gasteiger charge is -2.01. The van der Waals surface area contributed by atoms with Gasteiger partial charge in [0.25, 0.3) is 0 Å². The minimum absolute atomic E-state index is 0.173. The summed E-state index contributed by atoms with van der Waals surface area (Å²) in [6.07, 6.45) is 2.43. The molecule has 0 spiro atoms. The minimum Gasteiger partial charge on any atom is -0.282 e. The molecule has 1 aromatic heterocycles. The molecule has 2 aromatic rings. The first-order valence-corrected chi connectivity index (χ1v) is 6.64. The van der Waals surface area contributed by atoms with Crippen molar-refractivity contribution in [2.45, 2.75) is 26.7 Å². The number of aromatic nitrogens is 2. The standard InChI is InChI=1S/C15H17FN4O/c1-10-14(11(2)19-18-10)7-8-15(21)20-17-9-12-3-5-13(16)6-4-12/h3-6,9H,7-8H2,1-2H3,(H,18,19)(H,20,21). The predicted molar refractivity (Wildman–Crippen MR) is 78.5 cm³/mol. The summed E-state index contributed by atoms with van der Waals surface area (Å²) in [6.45, 7) is 3.84. The largest absolute Gasteiger partial charge is 0.282 e. The summed E-state index contributed by atoms with van der Waals surface area (Å²) < 4.78 is 12.7. The number of hydrogen-bond acceptors (Lipinski definition) is 3. The van der Waals surface area contributed by atoms with Gasteiger partial charge in [-0.25, -0.2) is 9.82 Å². The maximum atomic E-state index is 12.7. The van der Waals surface area contributed by atoms with Crippen LogP contribution < -0.4 is 5.43 Å². The van der Waals surface area contributed by atoms with Gasteiger partial charge < -0.3 is 0 Å². The number of halogens is 1. The molecule has 6 heteroatoms. The van der Waals surface area contributed by atoms with Gasteiger partial charge in [-0.05, 0) is 43.5 Å². The number of carbonyl (C=O) groups is 1. The first kappa shape index (κ1) is 14.9. The highest BCUT2D eigenvalue weighted by Gasteiger charge is 2.08. The van der Waals surface area contributed by atoms with E-state index in [1.165, 1.54) is 18.3 Å². The van der Waals surface area contributed by atoms with Crippen LogP contribution in [-0.2, 0) is 11.2 Å². The topological polar surface area (TPSA) is 70.1 Å². The molecule has 21 heavy (non-hydrogen) atoms. The molecule has 110 valence electrons. The van der Waals surface area contributed by atoms with Gasteiger partial charge in [0.1, 0.15) is 5.82 Å². The molecule has 0 saturated carbocycles. The van der Waals surface area contributed by atoms with Crippen molar-refractivity contribution in [2.24, 2.45) is 5.10 Å². The summed E-state index contributed by atoms with van der Waals surface area (Å²) in [4.78, 5) is 11.7. The number of carbonyl (C=O) groups excluding carboxylic acids is 1. The van der Waals surface area contributed by atoms with E-state index in [2.05, 4.69) is 20.7 Å². The van der Waals surface area contributed by atoms with Crippen molar-refractivity contribution in [3.8, 4) is 0 Å². The van der Waals surface area contributed by atoms with Crippen LogP contribution in [-0.4, -0.2) is 22.3 Å². The smallest absolute Gasteiger partial charge is 0.240 e. The zero-order valence-corrected chi connectivity index (χ0v) is 12.0. The third-order valence-corrected chi connectivity index (χ3v) is 3.16. The molecule has 1 amide bonds. The van der Waals surface area contributed by atoms with Crippen LogP contribution in [0.5, 0.6) is 0 Å². The average Bonchev–Trinajstić information content (AvgIpc) is 2.78. The van der Waals surface area contributed by atoms with E-state index >= 15 is 0 Å². The fraction of sp³-hybridized carbons (Fsp3) is 0.267. The van der Waals surface area contributed by atoms with Crippen LogP contribution >= 0.6 is 0 Å². The Hall–Kier alpha value is -2.50. The number of aromatic amines is 1. The molecule has 0 saturated heterocycles. The van der Waals surface area contributed by atoms with Crippen LogP contribution in [0.15, 0.2) is 29.4 Å². The third kappa shape index (κ3) is 4.24. The fourth-order valence-electron chi connectivity index (χ4n) is 1.96. The van der Waals surface area contributed by atoms with Crippen LogP contribution in [0.4, 0.5) is 4.39 Å². The zero-order chi connectivity index (χ0) is 15.2. The normalized spacial score (nSPS) is 11.0. The number of hydrazone groups is 1. The SMILES string of the molecule is Cc1n[nH]c(C)c1CCC(=O)NN=Cc1ccc(F)cc1. The Morgan fingerprint density at radius 1 is 1.38 bits per heavy atom. The minimum atomic E-state index is -0.304. The van der Waals surface area contributed by atoms with E-state index in [4.69, 9.17) is 0 Å². The van der Waals surface area contributed by atoms with E-state index in [1.807, 2.05) is 13.8 Å². The lowest BCUT2D eigenvalue weighted by atomic mass is 10.1. The van der Waals surface area contributed by atoms with Crippen molar-refractivity contribution < 1.29 is 9.18 Å². The maximum Gasteiger partial charge on any atom is 0.240 e. The molecule has 0 radical (unpaired) electrons. The Bertz CT molecular complexity index is 627. The zero-order valence-electron chi connectivity index (χ0n) is 12.0. The van der Waals surface area contributed by atoms with Crippen molar-refractivity contribution in [1.82, 2.24) is 15.6 Å². The van der Waals surface area contributed by atoms with E-state index < -0.39 is 0 Å². The number of benzene rings is 1. The van der Waals surface area contributed by atoms with Gasteiger partial charge in [0.15, 0.2) is 0 Å². The number of nitrogens with zero attached hydrogens (tertiary/aromatic N) is 2. The Kier molecular flexibility index (Phi) is 4.81. The second-order valence-corrected chi connectivity index (χ2v) is 4.76. The highest BCUT2D eigenvalue weighted by Crippen LogP contribution is 2.11. The monoisotopic (exact) mass is 288 g/mol. The first-order chi connectivity index (χ1) is 10.1. The second-order valence-electron chi connectivity index (χ2n) is 4.76. The van der Waals surface area contributed by atoms with E-state index in [1.54, 1.807) is 12.1 Å². The van der Waals surface area contributed by atoms with E-state index in [9.17, 15) is 9.18 Å². The molecule has 0 aliphatic rings. The van der Waals surface area contributed by atoms with Crippen molar-refractivity contribution in [3.05, 3.63) is 52.6 Å². The van der Waals surface area contributed by atoms with Gasteiger partial charge in [-0.3, -0.25) is 9.89 Å².